The molecule has 1 atom stereocenters. The van der Waals surface area contributed by atoms with E-state index in [1.807, 2.05) is 20.8 Å². The number of aliphatic hydroxyl groups is 1. The van der Waals surface area contributed by atoms with Gasteiger partial charge in [-0.25, -0.2) is 4.98 Å². The monoisotopic (exact) mass is 201 g/mol. The van der Waals surface area contributed by atoms with Gasteiger partial charge in [0.1, 0.15) is 6.10 Å². The molecule has 0 amide bonds. The number of aromatic nitrogens is 1. The molecule has 4 heteroatoms. The minimum atomic E-state index is -0.215. The number of nitrogens with zero attached hydrogens (tertiary/aromatic N) is 1. The number of rotatable bonds is 4. The SMILES string of the molecule is Cc1ncsc1C(CO)OC(C)C. The topological polar surface area (TPSA) is 42.4 Å². The quantitative estimate of drug-likeness (QED) is 0.809. The van der Waals surface area contributed by atoms with Gasteiger partial charge in [0.15, 0.2) is 0 Å². The molecule has 0 saturated heterocycles. The summed E-state index contributed by atoms with van der Waals surface area (Å²) in [6.07, 6.45) is -0.0915. The first kappa shape index (κ1) is 10.6. The van der Waals surface area contributed by atoms with Crippen molar-refractivity contribution in [2.24, 2.45) is 0 Å². The predicted octanol–water partition coefficient (Wildman–Crippen LogP) is 1.91. The second-order valence-corrected chi connectivity index (χ2v) is 4.04. The van der Waals surface area contributed by atoms with E-state index in [-0.39, 0.29) is 18.8 Å². The Labute approximate surface area is 82.4 Å². The normalized spacial score (nSPS) is 13.6. The fourth-order valence-electron chi connectivity index (χ4n) is 1.14. The average molecular weight is 201 g/mol. The molecule has 0 radical (unpaired) electrons. The van der Waals surface area contributed by atoms with E-state index in [1.54, 1.807) is 5.51 Å². The number of ether oxygens (including phenoxy) is 1. The summed E-state index contributed by atoms with van der Waals surface area (Å²) in [7, 11) is 0. The Morgan fingerprint density at radius 3 is 2.69 bits per heavy atom. The highest BCUT2D eigenvalue weighted by atomic mass is 32.1. The zero-order chi connectivity index (χ0) is 9.84. The van der Waals surface area contributed by atoms with Crippen LogP contribution in [0.1, 0.15) is 30.5 Å². The third-order valence-corrected chi connectivity index (χ3v) is 2.70. The number of hydrogen-bond donors (Lipinski definition) is 1. The van der Waals surface area contributed by atoms with Gasteiger partial charge >= 0.3 is 0 Å². The van der Waals surface area contributed by atoms with Gasteiger partial charge in [0.2, 0.25) is 0 Å². The summed E-state index contributed by atoms with van der Waals surface area (Å²) >= 11 is 1.53. The molecule has 0 fully saturated rings. The van der Waals surface area contributed by atoms with Crippen molar-refractivity contribution in [1.29, 1.82) is 0 Å². The summed E-state index contributed by atoms with van der Waals surface area (Å²) < 4.78 is 5.55. The van der Waals surface area contributed by atoms with Crippen molar-refractivity contribution >= 4 is 11.3 Å². The zero-order valence-electron chi connectivity index (χ0n) is 8.15. The van der Waals surface area contributed by atoms with Gasteiger partial charge in [-0.05, 0) is 20.8 Å². The van der Waals surface area contributed by atoms with Gasteiger partial charge < -0.3 is 9.84 Å². The van der Waals surface area contributed by atoms with E-state index in [0.29, 0.717) is 0 Å². The van der Waals surface area contributed by atoms with Crippen LogP contribution in [0.3, 0.4) is 0 Å². The fourth-order valence-corrected chi connectivity index (χ4v) is 1.97. The van der Waals surface area contributed by atoms with Gasteiger partial charge in [0.25, 0.3) is 0 Å². The van der Waals surface area contributed by atoms with Crippen LogP contribution in [0.25, 0.3) is 0 Å². The first-order chi connectivity index (χ1) is 6.15. The van der Waals surface area contributed by atoms with Crippen molar-refractivity contribution in [3.8, 4) is 0 Å². The van der Waals surface area contributed by atoms with Crippen LogP contribution in [0.2, 0.25) is 0 Å². The number of aliphatic hydroxyl groups excluding tert-OH is 1. The number of aryl methyl sites for hydroxylation is 1. The Hall–Kier alpha value is -0.450. The van der Waals surface area contributed by atoms with Crippen molar-refractivity contribution in [2.75, 3.05) is 6.61 Å². The Kier molecular flexibility index (Phi) is 3.84. The maximum Gasteiger partial charge on any atom is 0.117 e. The summed E-state index contributed by atoms with van der Waals surface area (Å²) in [5.41, 5.74) is 2.72. The fraction of sp³-hybridized carbons (Fsp3) is 0.667. The molecule has 1 heterocycles. The van der Waals surface area contributed by atoms with Crippen LogP contribution in [0.5, 0.6) is 0 Å². The molecule has 1 unspecified atom stereocenters. The molecule has 74 valence electrons. The van der Waals surface area contributed by atoms with Gasteiger partial charge in [-0.3, -0.25) is 0 Å². The van der Waals surface area contributed by atoms with Crippen LogP contribution in [0.4, 0.5) is 0 Å². The molecule has 0 aliphatic carbocycles. The van der Waals surface area contributed by atoms with E-state index in [0.717, 1.165) is 10.6 Å². The lowest BCUT2D eigenvalue weighted by Crippen LogP contribution is -2.13. The van der Waals surface area contributed by atoms with Gasteiger partial charge in [-0.1, -0.05) is 0 Å². The van der Waals surface area contributed by atoms with Crippen LogP contribution in [0.15, 0.2) is 5.51 Å². The molecule has 0 aliphatic heterocycles. The van der Waals surface area contributed by atoms with Crippen LogP contribution in [0, 0.1) is 6.92 Å². The van der Waals surface area contributed by atoms with Crippen molar-refractivity contribution in [2.45, 2.75) is 33.0 Å². The Morgan fingerprint density at radius 1 is 1.62 bits per heavy atom. The number of thiazole rings is 1. The van der Waals surface area contributed by atoms with E-state index in [2.05, 4.69) is 4.98 Å². The highest BCUT2D eigenvalue weighted by Gasteiger charge is 2.16. The molecule has 0 spiro atoms. The van der Waals surface area contributed by atoms with Crippen LogP contribution in [-0.2, 0) is 4.74 Å². The van der Waals surface area contributed by atoms with Crippen molar-refractivity contribution in [1.82, 2.24) is 4.98 Å². The van der Waals surface area contributed by atoms with Gasteiger partial charge in [-0.2, -0.15) is 0 Å². The molecule has 13 heavy (non-hydrogen) atoms. The van der Waals surface area contributed by atoms with E-state index in [4.69, 9.17) is 9.84 Å². The molecule has 0 bridgehead atoms. The van der Waals surface area contributed by atoms with Crippen molar-refractivity contribution in [3.05, 3.63) is 16.1 Å². The van der Waals surface area contributed by atoms with Crippen molar-refractivity contribution < 1.29 is 9.84 Å². The highest BCUT2D eigenvalue weighted by molar-refractivity contribution is 7.09. The first-order valence-corrected chi connectivity index (χ1v) is 5.19. The summed E-state index contributed by atoms with van der Waals surface area (Å²) in [5, 5.41) is 9.13. The lowest BCUT2D eigenvalue weighted by molar-refractivity contribution is -0.0232. The minimum absolute atomic E-state index is 0.0151. The summed E-state index contributed by atoms with van der Waals surface area (Å²) in [6.45, 7) is 5.86. The van der Waals surface area contributed by atoms with E-state index in [1.165, 1.54) is 11.3 Å². The molecule has 1 aromatic heterocycles. The lowest BCUT2D eigenvalue weighted by atomic mass is 10.2. The molecule has 0 aliphatic rings. The molecular weight excluding hydrogens is 186 g/mol. The zero-order valence-corrected chi connectivity index (χ0v) is 8.97. The predicted molar refractivity (Wildman–Crippen MR) is 52.9 cm³/mol. The largest absolute Gasteiger partial charge is 0.393 e. The molecule has 1 rings (SSSR count). The lowest BCUT2D eigenvalue weighted by Gasteiger charge is -2.17. The van der Waals surface area contributed by atoms with Gasteiger partial charge in [0, 0.05) is 0 Å². The summed E-state index contributed by atoms with van der Waals surface area (Å²) in [5.74, 6) is 0. The maximum atomic E-state index is 9.13. The van der Waals surface area contributed by atoms with Crippen LogP contribution < -0.4 is 0 Å². The molecular formula is C9H15NO2S. The smallest absolute Gasteiger partial charge is 0.117 e. The van der Waals surface area contributed by atoms with E-state index in [9.17, 15) is 0 Å². The maximum absolute atomic E-state index is 9.13. The Balaban J connectivity index is 2.72. The van der Waals surface area contributed by atoms with Crippen molar-refractivity contribution in [3.63, 3.8) is 0 Å². The average Bonchev–Trinajstić information content (AvgIpc) is 2.47. The summed E-state index contributed by atoms with van der Waals surface area (Å²) in [4.78, 5) is 5.14. The standard InChI is InChI=1S/C9H15NO2S/c1-6(2)12-8(4-11)9-7(3)10-5-13-9/h5-6,8,11H,4H2,1-3H3. The second-order valence-electron chi connectivity index (χ2n) is 3.16. The van der Waals surface area contributed by atoms with Crippen LogP contribution in [-0.4, -0.2) is 22.8 Å². The first-order valence-electron chi connectivity index (χ1n) is 4.31. The Bertz CT molecular complexity index is 260. The van der Waals surface area contributed by atoms with Crippen LogP contribution >= 0.6 is 11.3 Å². The van der Waals surface area contributed by atoms with Gasteiger partial charge in [0.05, 0.1) is 28.8 Å². The minimum Gasteiger partial charge on any atom is -0.393 e. The molecule has 3 nitrogen and oxygen atoms in total. The third kappa shape index (κ3) is 2.76. The molecule has 1 aromatic rings. The highest BCUT2D eigenvalue weighted by Crippen LogP contribution is 2.25. The third-order valence-electron chi connectivity index (χ3n) is 1.68. The second kappa shape index (κ2) is 4.69. The van der Waals surface area contributed by atoms with E-state index >= 15 is 0 Å². The van der Waals surface area contributed by atoms with E-state index < -0.39 is 0 Å². The molecule has 0 aromatic carbocycles. The van der Waals surface area contributed by atoms with Gasteiger partial charge in [-0.15, -0.1) is 11.3 Å². The molecule has 0 saturated carbocycles. The molecule has 1 N–H and O–H groups in total. The number of hydrogen-bond acceptors (Lipinski definition) is 4. The summed E-state index contributed by atoms with van der Waals surface area (Å²) in [6, 6.07) is 0. The Morgan fingerprint density at radius 2 is 2.31 bits per heavy atom.